The van der Waals surface area contributed by atoms with E-state index in [1.807, 2.05) is 19.1 Å². The van der Waals surface area contributed by atoms with Crippen LogP contribution in [-0.4, -0.2) is 11.7 Å². The van der Waals surface area contributed by atoms with Gasteiger partial charge in [-0.25, -0.2) is 0 Å². The molecule has 0 saturated heterocycles. The molecule has 0 radical (unpaired) electrons. The number of hydrogen-bond donors (Lipinski definition) is 0. The molecule has 0 atom stereocenters. The second kappa shape index (κ2) is 4.02. The lowest BCUT2D eigenvalue weighted by Crippen LogP contribution is -2.01. The maximum Gasteiger partial charge on any atom is 0.143 e. The predicted molar refractivity (Wildman–Crippen MR) is 68.6 cm³/mol. The molecule has 86 valence electrons. The van der Waals surface area contributed by atoms with Crippen molar-refractivity contribution < 1.29 is 4.74 Å². The van der Waals surface area contributed by atoms with Crippen molar-refractivity contribution in [3.05, 3.63) is 28.9 Å². The number of nitrogens with zero attached hydrogens (tertiary/aromatic N) is 1. The van der Waals surface area contributed by atoms with Crippen LogP contribution in [0.3, 0.4) is 0 Å². The highest BCUT2D eigenvalue weighted by atomic mass is 35.5. The van der Waals surface area contributed by atoms with Crippen LogP contribution >= 0.6 is 11.6 Å². The van der Waals surface area contributed by atoms with Gasteiger partial charge in [-0.05, 0) is 32.4 Å². The largest absolute Gasteiger partial charge is 0.495 e. The molecule has 0 bridgehead atoms. The number of hydrogen-bond acceptors (Lipinski definition) is 1. The fourth-order valence-corrected chi connectivity index (χ4v) is 2.49. The first-order chi connectivity index (χ1) is 7.57. The normalized spacial score (nSPS) is 11.4. The third-order valence-electron chi connectivity index (χ3n) is 2.90. The average molecular weight is 238 g/mol. The summed E-state index contributed by atoms with van der Waals surface area (Å²) >= 11 is 6.37. The van der Waals surface area contributed by atoms with Crippen LogP contribution < -0.4 is 4.74 Å². The Morgan fingerprint density at radius 1 is 1.31 bits per heavy atom. The third-order valence-corrected chi connectivity index (χ3v) is 3.37. The number of ether oxygens (including phenoxy) is 1. The zero-order chi connectivity index (χ0) is 11.9. The summed E-state index contributed by atoms with van der Waals surface area (Å²) in [7, 11) is 1.69. The van der Waals surface area contributed by atoms with Crippen LogP contribution in [0.1, 0.15) is 25.5 Å². The zero-order valence-electron chi connectivity index (χ0n) is 10.0. The minimum atomic E-state index is 0.319. The molecule has 0 fully saturated rings. The Bertz CT molecular complexity index is 528. The van der Waals surface area contributed by atoms with Crippen LogP contribution in [0.25, 0.3) is 10.9 Å². The second-order valence-corrected chi connectivity index (χ2v) is 4.59. The Hall–Kier alpha value is -1.15. The summed E-state index contributed by atoms with van der Waals surface area (Å²) in [4.78, 5) is 0. The molecular formula is C13H16ClNO. The summed E-state index contributed by atoms with van der Waals surface area (Å²) in [5.41, 5.74) is 2.20. The van der Waals surface area contributed by atoms with Crippen LogP contribution in [-0.2, 0) is 0 Å². The number of benzene rings is 1. The molecule has 0 amide bonds. The Morgan fingerprint density at radius 2 is 2.00 bits per heavy atom. The van der Waals surface area contributed by atoms with Crippen molar-refractivity contribution >= 4 is 22.5 Å². The smallest absolute Gasteiger partial charge is 0.143 e. The highest BCUT2D eigenvalue weighted by molar-refractivity contribution is 6.32. The standard InChI is InChI=1S/C13H16ClNO/c1-8(2)15-12-10(9(3)13(15)14)6-5-7-11(12)16-4/h5-8H,1-4H3. The fraction of sp³-hybridized carbons (Fsp3) is 0.385. The summed E-state index contributed by atoms with van der Waals surface area (Å²) in [6.45, 7) is 6.29. The highest BCUT2D eigenvalue weighted by Gasteiger charge is 2.17. The molecule has 0 saturated carbocycles. The molecule has 2 nitrogen and oxygen atoms in total. The van der Waals surface area contributed by atoms with Gasteiger partial charge in [-0.2, -0.15) is 0 Å². The monoisotopic (exact) mass is 237 g/mol. The van der Waals surface area contributed by atoms with Crippen LogP contribution in [0, 0.1) is 6.92 Å². The molecule has 1 heterocycles. The van der Waals surface area contributed by atoms with Gasteiger partial charge in [0.25, 0.3) is 0 Å². The number of methoxy groups -OCH3 is 1. The number of para-hydroxylation sites is 1. The first-order valence-corrected chi connectivity index (χ1v) is 5.78. The van der Waals surface area contributed by atoms with E-state index in [1.54, 1.807) is 7.11 Å². The highest BCUT2D eigenvalue weighted by Crippen LogP contribution is 2.37. The molecule has 2 rings (SSSR count). The SMILES string of the molecule is COc1cccc2c(C)c(Cl)n(C(C)C)c12. The van der Waals surface area contributed by atoms with Gasteiger partial charge in [0.15, 0.2) is 0 Å². The van der Waals surface area contributed by atoms with E-state index in [4.69, 9.17) is 16.3 Å². The first-order valence-electron chi connectivity index (χ1n) is 5.41. The molecule has 2 aromatic rings. The summed E-state index contributed by atoms with van der Waals surface area (Å²) in [5.74, 6) is 0.876. The number of aryl methyl sites for hydroxylation is 1. The first kappa shape index (κ1) is 11.3. The van der Waals surface area contributed by atoms with Crippen LogP contribution in [0.2, 0.25) is 5.15 Å². The van der Waals surface area contributed by atoms with Gasteiger partial charge in [0.2, 0.25) is 0 Å². The summed E-state index contributed by atoms with van der Waals surface area (Å²) in [5, 5.41) is 1.97. The molecule has 16 heavy (non-hydrogen) atoms. The van der Waals surface area contributed by atoms with E-state index in [1.165, 1.54) is 0 Å². The van der Waals surface area contributed by atoms with E-state index in [-0.39, 0.29) is 0 Å². The maximum absolute atomic E-state index is 6.37. The van der Waals surface area contributed by atoms with Crippen LogP contribution in [0.4, 0.5) is 0 Å². The van der Waals surface area contributed by atoms with Gasteiger partial charge in [-0.3, -0.25) is 0 Å². The Balaban J connectivity index is 2.92. The van der Waals surface area contributed by atoms with E-state index in [0.717, 1.165) is 27.4 Å². The molecule has 3 heteroatoms. The van der Waals surface area contributed by atoms with Gasteiger partial charge in [0.1, 0.15) is 10.9 Å². The van der Waals surface area contributed by atoms with Crippen molar-refractivity contribution in [1.29, 1.82) is 0 Å². The minimum Gasteiger partial charge on any atom is -0.495 e. The van der Waals surface area contributed by atoms with Crippen LogP contribution in [0.15, 0.2) is 18.2 Å². The quantitative estimate of drug-likeness (QED) is 0.764. The van der Waals surface area contributed by atoms with E-state index >= 15 is 0 Å². The topological polar surface area (TPSA) is 14.2 Å². The van der Waals surface area contributed by atoms with Crippen molar-refractivity contribution in [2.24, 2.45) is 0 Å². The van der Waals surface area contributed by atoms with E-state index < -0.39 is 0 Å². The Kier molecular flexibility index (Phi) is 2.85. The molecule has 0 unspecified atom stereocenters. The molecule has 0 aliphatic rings. The van der Waals surface area contributed by atoms with Gasteiger partial charge in [0, 0.05) is 11.4 Å². The molecular weight excluding hydrogens is 222 g/mol. The van der Waals surface area contributed by atoms with Crippen molar-refractivity contribution in [1.82, 2.24) is 4.57 Å². The minimum absolute atomic E-state index is 0.319. The van der Waals surface area contributed by atoms with Gasteiger partial charge in [0.05, 0.1) is 12.6 Å². The second-order valence-electron chi connectivity index (χ2n) is 4.24. The van der Waals surface area contributed by atoms with Crippen LogP contribution in [0.5, 0.6) is 5.75 Å². The molecule has 0 aliphatic carbocycles. The number of halogens is 1. The number of rotatable bonds is 2. The molecule has 0 aliphatic heterocycles. The molecule has 1 aromatic heterocycles. The van der Waals surface area contributed by atoms with Gasteiger partial charge in [-0.15, -0.1) is 0 Å². The summed E-state index contributed by atoms with van der Waals surface area (Å²) in [6, 6.07) is 6.37. The van der Waals surface area contributed by atoms with Gasteiger partial charge >= 0.3 is 0 Å². The zero-order valence-corrected chi connectivity index (χ0v) is 10.8. The lowest BCUT2D eigenvalue weighted by atomic mass is 10.2. The van der Waals surface area contributed by atoms with Gasteiger partial charge in [-0.1, -0.05) is 23.7 Å². The lowest BCUT2D eigenvalue weighted by molar-refractivity contribution is 0.416. The van der Waals surface area contributed by atoms with Gasteiger partial charge < -0.3 is 9.30 Å². The fourth-order valence-electron chi connectivity index (χ4n) is 2.11. The van der Waals surface area contributed by atoms with Crippen molar-refractivity contribution in [3.8, 4) is 5.75 Å². The van der Waals surface area contributed by atoms with E-state index in [0.29, 0.717) is 6.04 Å². The van der Waals surface area contributed by atoms with Crippen molar-refractivity contribution in [2.45, 2.75) is 26.8 Å². The average Bonchev–Trinajstić information content (AvgIpc) is 2.52. The summed E-state index contributed by atoms with van der Waals surface area (Å²) in [6.07, 6.45) is 0. The van der Waals surface area contributed by atoms with Crippen molar-refractivity contribution in [3.63, 3.8) is 0 Å². The predicted octanol–water partition coefficient (Wildman–Crippen LogP) is 4.19. The van der Waals surface area contributed by atoms with Crippen molar-refractivity contribution in [2.75, 3.05) is 7.11 Å². The van der Waals surface area contributed by atoms with E-state index in [9.17, 15) is 0 Å². The Labute approximate surface area is 101 Å². The molecule has 0 spiro atoms. The third kappa shape index (κ3) is 1.49. The van der Waals surface area contributed by atoms with E-state index in [2.05, 4.69) is 24.5 Å². The number of fused-ring (bicyclic) bond motifs is 1. The maximum atomic E-state index is 6.37. The Morgan fingerprint density at radius 3 is 2.56 bits per heavy atom. The molecule has 1 aromatic carbocycles. The molecule has 0 N–H and O–H groups in total. The lowest BCUT2D eigenvalue weighted by Gasteiger charge is -2.13. The number of aromatic nitrogens is 1. The summed E-state index contributed by atoms with van der Waals surface area (Å²) < 4.78 is 7.52.